The minimum absolute atomic E-state index is 0.00164. The summed E-state index contributed by atoms with van der Waals surface area (Å²) in [6.45, 7) is 1.58. The maximum absolute atomic E-state index is 12.8. The Morgan fingerprint density at radius 3 is 2.30 bits per heavy atom. The average molecular weight is 477 g/mol. The van der Waals surface area contributed by atoms with Crippen molar-refractivity contribution < 1.29 is 28.7 Å². The van der Waals surface area contributed by atoms with Gasteiger partial charge < -0.3 is 19.2 Å². The van der Waals surface area contributed by atoms with Crippen molar-refractivity contribution in [3.63, 3.8) is 0 Å². The van der Waals surface area contributed by atoms with Crippen LogP contribution in [0.25, 0.3) is 22.0 Å². The van der Waals surface area contributed by atoms with Crippen LogP contribution >= 0.6 is 15.9 Å². The molecule has 9 nitrogen and oxygen atoms in total. The van der Waals surface area contributed by atoms with Gasteiger partial charge in [0.25, 0.3) is 5.78 Å². The number of H-pyrrole nitrogens is 1. The van der Waals surface area contributed by atoms with Gasteiger partial charge in [0.05, 0.1) is 31.1 Å². The summed E-state index contributed by atoms with van der Waals surface area (Å²) in [7, 11) is 2.68. The lowest BCUT2D eigenvalue weighted by molar-refractivity contribution is -0.384. The summed E-state index contributed by atoms with van der Waals surface area (Å²) in [5, 5.41) is 12.1. The first-order chi connectivity index (χ1) is 14.3. The van der Waals surface area contributed by atoms with E-state index in [1.807, 2.05) is 0 Å². The second-order valence-electron chi connectivity index (χ2n) is 6.07. The molecule has 0 fully saturated rings. The van der Waals surface area contributed by atoms with Gasteiger partial charge in [-0.3, -0.25) is 14.9 Å². The van der Waals surface area contributed by atoms with Gasteiger partial charge >= 0.3 is 11.7 Å². The van der Waals surface area contributed by atoms with E-state index in [4.69, 9.17) is 14.2 Å². The number of nitrogens with zero attached hydrogens (tertiary/aromatic N) is 1. The molecule has 0 atom stereocenters. The lowest BCUT2D eigenvalue weighted by Crippen LogP contribution is -2.18. The number of hydrogen-bond acceptors (Lipinski definition) is 7. The molecule has 0 unspecified atom stereocenters. The van der Waals surface area contributed by atoms with E-state index in [-0.39, 0.29) is 46.0 Å². The summed E-state index contributed by atoms with van der Waals surface area (Å²) in [4.78, 5) is 38.9. The SMILES string of the molecule is CCOC(=O)C(=O)c1[nH]c2c([N+](=O)[O-])c(OC)cc(OC)c2c1-c1ccc(Br)cc1. The molecule has 0 amide bonds. The maximum atomic E-state index is 12.8. The van der Waals surface area contributed by atoms with Crippen LogP contribution in [0.2, 0.25) is 0 Å². The number of halogens is 1. The molecule has 156 valence electrons. The van der Waals surface area contributed by atoms with Gasteiger partial charge in [-0.25, -0.2) is 4.79 Å². The first-order valence-electron chi connectivity index (χ1n) is 8.76. The van der Waals surface area contributed by atoms with Crippen LogP contribution in [0.5, 0.6) is 11.5 Å². The normalized spacial score (nSPS) is 10.7. The second kappa shape index (κ2) is 8.54. The van der Waals surface area contributed by atoms with Gasteiger partial charge in [-0.15, -0.1) is 0 Å². The van der Waals surface area contributed by atoms with E-state index >= 15 is 0 Å². The van der Waals surface area contributed by atoms with Crippen LogP contribution in [0.4, 0.5) is 5.69 Å². The van der Waals surface area contributed by atoms with Crippen LogP contribution < -0.4 is 9.47 Å². The highest BCUT2D eigenvalue weighted by Crippen LogP contribution is 2.46. The van der Waals surface area contributed by atoms with Crippen molar-refractivity contribution in [3.05, 3.63) is 50.6 Å². The van der Waals surface area contributed by atoms with Crippen LogP contribution in [0.1, 0.15) is 17.4 Å². The third kappa shape index (κ3) is 3.61. The number of aromatic amines is 1. The fraction of sp³-hybridized carbons (Fsp3) is 0.200. The summed E-state index contributed by atoms with van der Waals surface area (Å²) in [5.74, 6) is -1.84. The number of carbonyl (C=O) groups excluding carboxylic acids is 2. The molecular formula is C20H17BrN2O7. The molecule has 30 heavy (non-hydrogen) atoms. The number of hydrogen-bond donors (Lipinski definition) is 1. The first-order valence-corrected chi connectivity index (χ1v) is 9.55. The van der Waals surface area contributed by atoms with Crippen LogP contribution in [0.3, 0.4) is 0 Å². The Kier molecular flexibility index (Phi) is 6.06. The molecule has 0 aliphatic carbocycles. The Bertz CT molecular complexity index is 1150. The van der Waals surface area contributed by atoms with Crippen molar-refractivity contribution in [2.45, 2.75) is 6.92 Å². The highest BCUT2D eigenvalue weighted by atomic mass is 79.9. The molecule has 1 N–H and O–H groups in total. The van der Waals surface area contributed by atoms with Gasteiger partial charge in [0.2, 0.25) is 5.75 Å². The second-order valence-corrected chi connectivity index (χ2v) is 6.98. The predicted octanol–water partition coefficient (Wildman–Crippen LogP) is 4.27. The van der Waals surface area contributed by atoms with E-state index in [1.165, 1.54) is 20.3 Å². The number of ketones is 1. The average Bonchev–Trinajstić information content (AvgIpc) is 3.12. The molecule has 0 saturated carbocycles. The molecule has 0 saturated heterocycles. The van der Waals surface area contributed by atoms with Gasteiger partial charge in [0, 0.05) is 16.1 Å². The van der Waals surface area contributed by atoms with Gasteiger partial charge in [0.15, 0.2) is 0 Å². The van der Waals surface area contributed by atoms with E-state index in [9.17, 15) is 19.7 Å². The van der Waals surface area contributed by atoms with Crippen molar-refractivity contribution in [2.75, 3.05) is 20.8 Å². The van der Waals surface area contributed by atoms with E-state index in [0.717, 1.165) is 4.47 Å². The van der Waals surface area contributed by atoms with Gasteiger partial charge in [-0.05, 0) is 24.6 Å². The molecule has 1 aromatic heterocycles. The van der Waals surface area contributed by atoms with E-state index in [0.29, 0.717) is 5.56 Å². The number of carbonyl (C=O) groups is 2. The zero-order valence-corrected chi connectivity index (χ0v) is 17.9. The standard InChI is InChI=1S/C20H17BrN2O7/c1-4-30-20(25)19(24)17-14(10-5-7-11(21)8-6-10)15-12(28-2)9-13(29-3)18(23(26)27)16(15)22-17/h5-9,22H,4H2,1-3H3. The van der Waals surface area contributed by atoms with Crippen molar-refractivity contribution in [3.8, 4) is 22.6 Å². The number of rotatable bonds is 7. The molecule has 3 aromatic rings. The fourth-order valence-electron chi connectivity index (χ4n) is 3.18. The molecule has 2 aromatic carbocycles. The summed E-state index contributed by atoms with van der Waals surface area (Å²) < 4.78 is 16.2. The summed E-state index contributed by atoms with van der Waals surface area (Å²) in [5.41, 5.74) is 0.324. The summed E-state index contributed by atoms with van der Waals surface area (Å²) in [6.07, 6.45) is 0. The number of fused-ring (bicyclic) bond motifs is 1. The Hall–Kier alpha value is -3.40. The van der Waals surface area contributed by atoms with E-state index in [1.54, 1.807) is 31.2 Å². The number of Topliss-reactive ketones (excluding diaryl/α,β-unsaturated/α-hetero) is 1. The van der Waals surface area contributed by atoms with Crippen molar-refractivity contribution in [2.24, 2.45) is 0 Å². The Morgan fingerprint density at radius 2 is 1.77 bits per heavy atom. The molecule has 10 heteroatoms. The third-order valence-corrected chi connectivity index (χ3v) is 4.95. The lowest BCUT2D eigenvalue weighted by atomic mass is 9.99. The molecule has 0 bridgehead atoms. The molecule has 3 rings (SSSR count). The number of nitro groups is 1. The molecule has 0 spiro atoms. The quantitative estimate of drug-likeness (QED) is 0.177. The lowest BCUT2D eigenvalue weighted by Gasteiger charge is -2.09. The minimum Gasteiger partial charge on any atom is -0.496 e. The largest absolute Gasteiger partial charge is 0.496 e. The van der Waals surface area contributed by atoms with Crippen LogP contribution in [-0.4, -0.2) is 42.5 Å². The highest BCUT2D eigenvalue weighted by molar-refractivity contribution is 9.10. The molecule has 0 radical (unpaired) electrons. The summed E-state index contributed by atoms with van der Waals surface area (Å²) >= 11 is 3.35. The Labute approximate surface area is 179 Å². The monoisotopic (exact) mass is 476 g/mol. The molecule has 1 heterocycles. The third-order valence-electron chi connectivity index (χ3n) is 4.42. The maximum Gasteiger partial charge on any atom is 0.381 e. The molecular weight excluding hydrogens is 460 g/mol. The summed E-state index contributed by atoms with van der Waals surface area (Å²) in [6, 6.07) is 8.29. The smallest absolute Gasteiger partial charge is 0.381 e. The van der Waals surface area contributed by atoms with Crippen LogP contribution in [-0.2, 0) is 9.53 Å². The van der Waals surface area contributed by atoms with Crippen LogP contribution in [0, 0.1) is 10.1 Å². The van der Waals surface area contributed by atoms with Crippen LogP contribution in [0.15, 0.2) is 34.8 Å². The number of methoxy groups -OCH3 is 2. The van der Waals surface area contributed by atoms with E-state index < -0.39 is 16.7 Å². The highest BCUT2D eigenvalue weighted by Gasteiger charge is 2.33. The Balaban J connectivity index is 2.47. The van der Waals surface area contributed by atoms with E-state index in [2.05, 4.69) is 20.9 Å². The van der Waals surface area contributed by atoms with Gasteiger partial charge in [0.1, 0.15) is 17.0 Å². The number of esters is 1. The minimum atomic E-state index is -1.07. The van der Waals surface area contributed by atoms with Gasteiger partial charge in [-0.2, -0.15) is 0 Å². The number of nitrogens with one attached hydrogen (secondary N) is 1. The zero-order valence-electron chi connectivity index (χ0n) is 16.3. The molecule has 0 aliphatic heterocycles. The first kappa shape index (κ1) is 21.3. The van der Waals surface area contributed by atoms with Crippen molar-refractivity contribution in [1.29, 1.82) is 0 Å². The number of aromatic nitrogens is 1. The van der Waals surface area contributed by atoms with Crippen molar-refractivity contribution >= 4 is 44.3 Å². The number of nitro benzene ring substituents is 1. The fourth-order valence-corrected chi connectivity index (χ4v) is 3.44. The molecule has 0 aliphatic rings. The number of benzene rings is 2. The zero-order chi connectivity index (χ0) is 22.0. The van der Waals surface area contributed by atoms with Gasteiger partial charge in [-0.1, -0.05) is 28.1 Å². The topological polar surface area (TPSA) is 121 Å². The Morgan fingerprint density at radius 1 is 1.13 bits per heavy atom. The van der Waals surface area contributed by atoms with Crippen molar-refractivity contribution in [1.82, 2.24) is 4.98 Å². The predicted molar refractivity (Wildman–Crippen MR) is 112 cm³/mol. The number of ether oxygens (including phenoxy) is 3.